The summed E-state index contributed by atoms with van der Waals surface area (Å²) in [4.78, 5) is 35.0. The van der Waals surface area contributed by atoms with E-state index in [0.29, 0.717) is 28.1 Å². The van der Waals surface area contributed by atoms with Crippen molar-refractivity contribution < 1.29 is 40.9 Å². The van der Waals surface area contributed by atoms with Crippen LogP contribution in [0.3, 0.4) is 0 Å². The number of esters is 1. The Kier molecular flexibility index (Phi) is 8.25. The average Bonchev–Trinajstić information content (AvgIpc) is 3.40. The zero-order valence-electron chi connectivity index (χ0n) is 19.8. The highest BCUT2D eigenvalue weighted by molar-refractivity contribution is 7.10. The Bertz CT molecular complexity index is 994. The van der Waals surface area contributed by atoms with Crippen LogP contribution in [0.2, 0.25) is 0 Å². The summed E-state index contributed by atoms with van der Waals surface area (Å²) in [6.07, 6.45) is 11.0. The minimum absolute atomic E-state index is 0. The second-order valence-electron chi connectivity index (χ2n) is 10.2. The molecule has 1 saturated carbocycles. The fraction of sp³-hybridized carbons (Fsp3) is 0.600. The fourth-order valence-corrected chi connectivity index (χ4v) is 7.05. The molecule has 4 fully saturated rings. The minimum atomic E-state index is -1.59. The van der Waals surface area contributed by atoms with Gasteiger partial charge in [0, 0.05) is 29.6 Å². The van der Waals surface area contributed by atoms with Gasteiger partial charge in [-0.15, -0.1) is 11.3 Å². The molecule has 1 unspecified atom stereocenters. The molecule has 6 rings (SSSR count). The van der Waals surface area contributed by atoms with E-state index in [4.69, 9.17) is 4.74 Å². The number of aromatic nitrogens is 2. The Labute approximate surface area is 220 Å². The standard InChI is InChI=1S/C25H32N4O4S.BrH/c30-23(28-20-13-26-17-27-14-20)16-29-10-8-18(9-11-29)21(15-29)33-24(31)25(32,22-7-4-12-34-22)19-5-2-1-3-6-19;/h4,7,12-14,17-19,21,32H,1-3,5-6,8-11,15-16H2;1H/t18?,21?,25-,29?;/m0./s1. The van der Waals surface area contributed by atoms with Crippen molar-refractivity contribution in [3.05, 3.63) is 41.1 Å². The summed E-state index contributed by atoms with van der Waals surface area (Å²) in [5.41, 5.74) is -1.01. The van der Waals surface area contributed by atoms with E-state index >= 15 is 0 Å². The van der Waals surface area contributed by atoms with Gasteiger partial charge in [0.1, 0.15) is 12.9 Å². The molecule has 3 aliphatic heterocycles. The number of piperidine rings is 3. The summed E-state index contributed by atoms with van der Waals surface area (Å²) in [6.45, 7) is 2.73. The zero-order chi connectivity index (χ0) is 23.6. The number of halogens is 1. The van der Waals surface area contributed by atoms with Crippen molar-refractivity contribution in [1.82, 2.24) is 9.97 Å². The van der Waals surface area contributed by atoms with Crippen molar-refractivity contribution in [2.45, 2.75) is 56.7 Å². The number of carbonyl (C=O) groups is 2. The Morgan fingerprint density at radius 3 is 2.51 bits per heavy atom. The minimum Gasteiger partial charge on any atom is -1.00 e. The zero-order valence-corrected chi connectivity index (χ0v) is 22.2. The van der Waals surface area contributed by atoms with E-state index < -0.39 is 11.6 Å². The number of hydrogen-bond acceptors (Lipinski definition) is 7. The van der Waals surface area contributed by atoms with Gasteiger partial charge in [-0.2, -0.15) is 0 Å². The van der Waals surface area contributed by atoms with Crippen LogP contribution in [0, 0.1) is 11.8 Å². The molecule has 2 bridgehead atoms. The molecule has 2 N–H and O–H groups in total. The molecule has 1 amide bonds. The first-order chi connectivity index (χ1) is 16.5. The van der Waals surface area contributed by atoms with E-state index in [1.54, 1.807) is 12.4 Å². The van der Waals surface area contributed by atoms with Gasteiger partial charge in [-0.1, -0.05) is 25.3 Å². The molecule has 5 heterocycles. The van der Waals surface area contributed by atoms with Crippen molar-refractivity contribution in [2.24, 2.45) is 11.8 Å². The lowest BCUT2D eigenvalue weighted by molar-refractivity contribution is -0.939. The normalized spacial score (nSPS) is 27.9. The van der Waals surface area contributed by atoms with Crippen molar-refractivity contribution in [3.8, 4) is 0 Å². The lowest BCUT2D eigenvalue weighted by Crippen LogP contribution is -3.00. The number of aliphatic hydroxyl groups is 1. The van der Waals surface area contributed by atoms with E-state index in [0.717, 1.165) is 58.0 Å². The van der Waals surface area contributed by atoms with Crippen molar-refractivity contribution in [3.63, 3.8) is 0 Å². The third-order valence-corrected chi connectivity index (χ3v) is 9.02. The summed E-state index contributed by atoms with van der Waals surface area (Å²) in [5.74, 6) is -0.425. The van der Waals surface area contributed by atoms with Gasteiger partial charge in [-0.3, -0.25) is 4.79 Å². The molecule has 2 atom stereocenters. The fourth-order valence-electron chi connectivity index (χ4n) is 6.16. The quantitative estimate of drug-likeness (QED) is 0.365. The predicted octanol–water partition coefficient (Wildman–Crippen LogP) is 0.101. The molecular formula is C25H33BrN4O4S. The van der Waals surface area contributed by atoms with Gasteiger partial charge in [0.2, 0.25) is 0 Å². The number of hydrogen-bond donors (Lipinski definition) is 2. The number of thiophene rings is 1. The number of nitrogens with one attached hydrogen (secondary N) is 1. The first-order valence-electron chi connectivity index (χ1n) is 12.4. The number of rotatable bonds is 7. The largest absolute Gasteiger partial charge is 1.00 e. The summed E-state index contributed by atoms with van der Waals surface area (Å²) < 4.78 is 6.75. The van der Waals surface area contributed by atoms with Gasteiger partial charge in [0.15, 0.2) is 18.2 Å². The first-order valence-corrected chi connectivity index (χ1v) is 13.2. The maximum atomic E-state index is 13.6. The van der Waals surface area contributed by atoms with Gasteiger partial charge in [0.25, 0.3) is 5.91 Å². The van der Waals surface area contributed by atoms with E-state index in [1.165, 1.54) is 17.7 Å². The second-order valence-corrected chi connectivity index (χ2v) is 11.1. The molecule has 35 heavy (non-hydrogen) atoms. The summed E-state index contributed by atoms with van der Waals surface area (Å²) in [6, 6.07) is 3.73. The molecule has 0 radical (unpaired) electrons. The molecule has 1 aliphatic carbocycles. The molecule has 2 aromatic heterocycles. The van der Waals surface area contributed by atoms with Crippen LogP contribution in [0.25, 0.3) is 0 Å². The summed E-state index contributed by atoms with van der Waals surface area (Å²) in [7, 11) is 0. The van der Waals surface area contributed by atoms with Crippen LogP contribution < -0.4 is 22.3 Å². The van der Waals surface area contributed by atoms with Crippen molar-refractivity contribution in [1.29, 1.82) is 0 Å². The van der Waals surface area contributed by atoms with Gasteiger partial charge >= 0.3 is 5.97 Å². The van der Waals surface area contributed by atoms with Crippen LogP contribution in [0.15, 0.2) is 36.2 Å². The van der Waals surface area contributed by atoms with Crippen LogP contribution in [-0.4, -0.2) is 63.7 Å². The van der Waals surface area contributed by atoms with Crippen LogP contribution in [0.4, 0.5) is 5.69 Å². The van der Waals surface area contributed by atoms with Crippen LogP contribution >= 0.6 is 11.3 Å². The maximum absolute atomic E-state index is 13.6. The van der Waals surface area contributed by atoms with Crippen LogP contribution in [0.5, 0.6) is 0 Å². The number of anilines is 1. The van der Waals surface area contributed by atoms with Gasteiger partial charge in [-0.05, 0) is 24.3 Å². The van der Waals surface area contributed by atoms with Crippen LogP contribution in [-0.2, 0) is 19.9 Å². The number of ether oxygens (including phenoxy) is 1. The first kappa shape index (κ1) is 26.2. The summed E-state index contributed by atoms with van der Waals surface area (Å²) >= 11 is 1.42. The average molecular weight is 566 g/mol. The highest BCUT2D eigenvalue weighted by Crippen LogP contribution is 2.43. The third kappa shape index (κ3) is 5.45. The summed E-state index contributed by atoms with van der Waals surface area (Å²) in [5, 5.41) is 16.6. The lowest BCUT2D eigenvalue weighted by Gasteiger charge is -2.52. The molecule has 3 saturated heterocycles. The SMILES string of the molecule is O=C(C[N+]12CCC(CC1)C(OC(=O)[C@@](O)(c1cccs1)C1CCCCC1)C2)Nc1cncnc1.[Br-]. The number of fused-ring (bicyclic) bond motifs is 3. The van der Waals surface area contributed by atoms with E-state index in [1.807, 2.05) is 17.5 Å². The third-order valence-electron chi connectivity index (χ3n) is 8.03. The number of quaternary nitrogens is 1. The topological polar surface area (TPSA) is 101 Å². The molecule has 0 spiro atoms. The van der Waals surface area contributed by atoms with Crippen LogP contribution in [0.1, 0.15) is 49.8 Å². The van der Waals surface area contributed by atoms with E-state index in [2.05, 4.69) is 15.3 Å². The van der Waals surface area contributed by atoms with Crippen molar-refractivity contribution >= 4 is 28.9 Å². The van der Waals surface area contributed by atoms with Gasteiger partial charge < -0.3 is 36.6 Å². The lowest BCUT2D eigenvalue weighted by atomic mass is 9.75. The monoisotopic (exact) mass is 564 g/mol. The van der Waals surface area contributed by atoms with E-state index in [9.17, 15) is 14.7 Å². The second kappa shape index (κ2) is 11.0. The molecule has 0 aromatic carbocycles. The van der Waals surface area contributed by atoms with Crippen molar-refractivity contribution in [2.75, 3.05) is 31.5 Å². The van der Waals surface area contributed by atoms with E-state index in [-0.39, 0.29) is 40.8 Å². The molecule has 10 heteroatoms. The number of nitrogens with zero attached hydrogens (tertiary/aromatic N) is 3. The molecule has 190 valence electrons. The highest BCUT2D eigenvalue weighted by Gasteiger charge is 2.53. The Hall–Kier alpha value is -1.88. The number of amides is 1. The number of carbonyl (C=O) groups excluding carboxylic acids is 2. The van der Waals surface area contributed by atoms with Gasteiger partial charge in [0.05, 0.1) is 31.2 Å². The molecule has 8 nitrogen and oxygen atoms in total. The molecule has 2 aromatic rings. The maximum Gasteiger partial charge on any atom is 0.344 e. The highest BCUT2D eigenvalue weighted by atomic mass is 79.9. The predicted molar refractivity (Wildman–Crippen MR) is 128 cm³/mol. The molecule has 4 aliphatic rings. The smallest absolute Gasteiger partial charge is 0.344 e. The Morgan fingerprint density at radius 2 is 1.86 bits per heavy atom. The molecular weight excluding hydrogens is 532 g/mol. The van der Waals surface area contributed by atoms with Gasteiger partial charge in [-0.25, -0.2) is 14.8 Å². The Balaban J connectivity index is 0.00000289. The Morgan fingerprint density at radius 1 is 1.14 bits per heavy atom.